The van der Waals surface area contributed by atoms with Gasteiger partial charge in [0.25, 0.3) is 5.91 Å². The van der Waals surface area contributed by atoms with E-state index >= 15 is 0 Å². The third-order valence-corrected chi connectivity index (χ3v) is 6.30. The molecule has 1 aromatic heterocycles. The Kier molecular flexibility index (Phi) is 4.82. The van der Waals surface area contributed by atoms with Gasteiger partial charge in [-0.05, 0) is 75.6 Å². The van der Waals surface area contributed by atoms with Gasteiger partial charge in [0, 0.05) is 28.2 Å². The summed E-state index contributed by atoms with van der Waals surface area (Å²) in [5.41, 5.74) is 3.58. The Labute approximate surface area is 188 Å². The van der Waals surface area contributed by atoms with Crippen LogP contribution in [-0.2, 0) is 0 Å². The van der Waals surface area contributed by atoms with Crippen molar-refractivity contribution in [3.8, 4) is 11.4 Å². The van der Waals surface area contributed by atoms with Crippen LogP contribution in [0.1, 0.15) is 50.9 Å². The van der Waals surface area contributed by atoms with Gasteiger partial charge in [0.1, 0.15) is 5.82 Å². The molecule has 3 aromatic carbocycles. The molecule has 0 bridgehead atoms. The lowest BCUT2D eigenvalue weighted by atomic mass is 9.79. The summed E-state index contributed by atoms with van der Waals surface area (Å²) in [6.07, 6.45) is 1.82. The molecule has 2 heterocycles. The molecule has 1 aliphatic heterocycles. The number of carbonyl (C=O) groups excluding carboxylic acids is 1. The van der Waals surface area contributed by atoms with Crippen LogP contribution in [0.2, 0.25) is 0 Å². The molecule has 0 radical (unpaired) electrons. The van der Waals surface area contributed by atoms with Crippen LogP contribution >= 0.6 is 0 Å². The number of imidazole rings is 1. The first-order valence-corrected chi connectivity index (χ1v) is 11.3. The quantitative estimate of drug-likeness (QED) is 0.410. The van der Waals surface area contributed by atoms with E-state index < -0.39 is 0 Å². The molecule has 1 fully saturated rings. The SMILES string of the molecule is CC1(C)CC(NC(=O)c2ccc(-c3nc4cc5ccccc5cc4[nH]3)cc2)CC(C)(C)N1. The summed E-state index contributed by atoms with van der Waals surface area (Å²) in [6.45, 7) is 8.77. The maximum atomic E-state index is 12.9. The lowest BCUT2D eigenvalue weighted by Crippen LogP contribution is -2.62. The highest BCUT2D eigenvalue weighted by atomic mass is 16.1. The van der Waals surface area contributed by atoms with Crippen LogP contribution in [0.5, 0.6) is 0 Å². The van der Waals surface area contributed by atoms with Crippen molar-refractivity contribution in [2.75, 3.05) is 0 Å². The number of hydrogen-bond acceptors (Lipinski definition) is 3. The molecule has 5 nitrogen and oxygen atoms in total. The lowest BCUT2D eigenvalue weighted by Gasteiger charge is -2.46. The van der Waals surface area contributed by atoms with E-state index in [0.717, 1.165) is 35.3 Å². The van der Waals surface area contributed by atoms with Gasteiger partial charge in [-0.2, -0.15) is 0 Å². The average Bonchev–Trinajstić information content (AvgIpc) is 3.12. The number of nitrogens with zero attached hydrogens (tertiary/aromatic N) is 1. The number of hydrogen-bond donors (Lipinski definition) is 3. The zero-order valence-corrected chi connectivity index (χ0v) is 19.1. The number of H-pyrrole nitrogens is 1. The maximum Gasteiger partial charge on any atom is 0.251 e. The molecule has 5 rings (SSSR count). The highest BCUT2D eigenvalue weighted by Gasteiger charge is 2.38. The molecule has 0 atom stereocenters. The predicted molar refractivity (Wildman–Crippen MR) is 131 cm³/mol. The average molecular weight is 427 g/mol. The fourth-order valence-electron chi connectivity index (χ4n) is 5.31. The van der Waals surface area contributed by atoms with Crippen LogP contribution < -0.4 is 10.6 Å². The van der Waals surface area contributed by atoms with Crippen molar-refractivity contribution < 1.29 is 4.79 Å². The van der Waals surface area contributed by atoms with Crippen molar-refractivity contribution in [3.63, 3.8) is 0 Å². The monoisotopic (exact) mass is 426 g/mol. The number of carbonyl (C=O) groups is 1. The maximum absolute atomic E-state index is 12.9. The van der Waals surface area contributed by atoms with Crippen molar-refractivity contribution in [2.24, 2.45) is 0 Å². The Morgan fingerprint density at radius 1 is 0.938 bits per heavy atom. The number of fused-ring (bicyclic) bond motifs is 2. The van der Waals surface area contributed by atoms with Crippen LogP contribution in [0, 0.1) is 0 Å². The second kappa shape index (κ2) is 7.45. The van der Waals surface area contributed by atoms with Crippen LogP contribution in [-0.4, -0.2) is 33.0 Å². The number of rotatable bonds is 3. The first-order chi connectivity index (χ1) is 15.2. The molecule has 0 saturated carbocycles. The van der Waals surface area contributed by atoms with Gasteiger partial charge in [-0.25, -0.2) is 4.98 Å². The second-order valence-corrected chi connectivity index (χ2v) is 10.4. The molecule has 3 N–H and O–H groups in total. The summed E-state index contributed by atoms with van der Waals surface area (Å²) in [4.78, 5) is 21.1. The summed E-state index contributed by atoms with van der Waals surface area (Å²) in [5, 5.41) is 9.27. The lowest BCUT2D eigenvalue weighted by molar-refractivity contribution is 0.0873. The van der Waals surface area contributed by atoms with Gasteiger partial charge in [0.05, 0.1) is 11.0 Å². The minimum absolute atomic E-state index is 0.00432. The Hall–Kier alpha value is -3.18. The Balaban J connectivity index is 1.34. The fraction of sp³-hybridized carbons (Fsp3) is 0.333. The van der Waals surface area contributed by atoms with Crippen LogP contribution in [0.25, 0.3) is 33.2 Å². The first kappa shape index (κ1) is 20.7. The molecular weight excluding hydrogens is 396 g/mol. The number of nitrogens with one attached hydrogen (secondary N) is 3. The molecule has 32 heavy (non-hydrogen) atoms. The molecule has 0 unspecified atom stereocenters. The van der Waals surface area contributed by atoms with Gasteiger partial charge in [0.15, 0.2) is 0 Å². The predicted octanol–water partition coefficient (Wildman–Crippen LogP) is 5.42. The standard InChI is InChI=1S/C27H30N4O/c1-26(2)15-21(16-27(3,4)31-26)28-25(32)18-11-9-17(10-12-18)24-29-22-13-19-7-5-6-8-20(19)14-23(22)30-24/h5-14,21,31H,15-16H2,1-4H3,(H,28,32)(H,29,30). The van der Waals surface area contributed by atoms with Gasteiger partial charge in [-0.15, -0.1) is 0 Å². The van der Waals surface area contributed by atoms with E-state index in [1.54, 1.807) is 0 Å². The number of piperidine rings is 1. The normalized spacial score (nSPS) is 18.1. The van der Waals surface area contributed by atoms with E-state index in [1.807, 2.05) is 36.4 Å². The van der Waals surface area contributed by atoms with Gasteiger partial charge >= 0.3 is 0 Å². The minimum atomic E-state index is -0.0223. The molecule has 1 aliphatic rings. The largest absolute Gasteiger partial charge is 0.349 e. The van der Waals surface area contributed by atoms with Crippen molar-refractivity contribution in [2.45, 2.75) is 57.7 Å². The number of benzene rings is 3. The molecule has 1 amide bonds. The molecule has 0 spiro atoms. The second-order valence-electron chi connectivity index (χ2n) is 10.4. The van der Waals surface area contributed by atoms with Gasteiger partial charge in [0.2, 0.25) is 0 Å². The molecule has 4 aromatic rings. The fourth-order valence-corrected chi connectivity index (χ4v) is 5.31. The van der Waals surface area contributed by atoms with E-state index in [2.05, 4.69) is 67.6 Å². The van der Waals surface area contributed by atoms with Crippen molar-refractivity contribution in [3.05, 3.63) is 66.2 Å². The third kappa shape index (κ3) is 4.13. The minimum Gasteiger partial charge on any atom is -0.349 e. The van der Waals surface area contributed by atoms with Gasteiger partial charge < -0.3 is 15.6 Å². The number of amides is 1. The molecular formula is C27H30N4O. The smallest absolute Gasteiger partial charge is 0.251 e. The van der Waals surface area contributed by atoms with Crippen LogP contribution in [0.4, 0.5) is 0 Å². The Morgan fingerprint density at radius 2 is 1.56 bits per heavy atom. The summed E-state index contributed by atoms with van der Waals surface area (Å²) >= 11 is 0. The van der Waals surface area contributed by atoms with E-state index in [1.165, 1.54) is 10.8 Å². The topological polar surface area (TPSA) is 69.8 Å². The van der Waals surface area contributed by atoms with Crippen molar-refractivity contribution >= 4 is 27.7 Å². The third-order valence-electron chi connectivity index (χ3n) is 6.30. The number of aromatic nitrogens is 2. The van der Waals surface area contributed by atoms with Crippen LogP contribution in [0.3, 0.4) is 0 Å². The van der Waals surface area contributed by atoms with Gasteiger partial charge in [-0.1, -0.05) is 36.4 Å². The summed E-state index contributed by atoms with van der Waals surface area (Å²) in [6, 6.07) is 20.4. The molecule has 1 saturated heterocycles. The summed E-state index contributed by atoms with van der Waals surface area (Å²) in [7, 11) is 0. The van der Waals surface area contributed by atoms with Crippen molar-refractivity contribution in [1.82, 2.24) is 20.6 Å². The van der Waals surface area contributed by atoms with Crippen LogP contribution in [0.15, 0.2) is 60.7 Å². The first-order valence-electron chi connectivity index (χ1n) is 11.3. The highest BCUT2D eigenvalue weighted by Crippen LogP contribution is 2.29. The Morgan fingerprint density at radius 3 is 2.22 bits per heavy atom. The van der Waals surface area contributed by atoms with Crippen molar-refractivity contribution in [1.29, 1.82) is 0 Å². The van der Waals surface area contributed by atoms with E-state index in [9.17, 15) is 4.79 Å². The van der Waals surface area contributed by atoms with E-state index in [0.29, 0.717) is 5.56 Å². The summed E-state index contributed by atoms with van der Waals surface area (Å²) in [5.74, 6) is 0.787. The molecule has 5 heteroatoms. The van der Waals surface area contributed by atoms with E-state index in [-0.39, 0.29) is 23.0 Å². The molecule has 0 aliphatic carbocycles. The number of aromatic amines is 1. The van der Waals surface area contributed by atoms with Gasteiger partial charge in [-0.3, -0.25) is 4.79 Å². The van der Waals surface area contributed by atoms with E-state index in [4.69, 9.17) is 4.98 Å². The molecule has 164 valence electrons. The highest BCUT2D eigenvalue weighted by molar-refractivity contribution is 5.97. The zero-order chi connectivity index (χ0) is 22.5. The zero-order valence-electron chi connectivity index (χ0n) is 19.1. The summed E-state index contributed by atoms with van der Waals surface area (Å²) < 4.78 is 0. The Bertz CT molecular complexity index is 1230.